The van der Waals surface area contributed by atoms with Crippen LogP contribution >= 0.6 is 0 Å². The average molecular weight is 284 g/mol. The number of hydrogen-bond donors (Lipinski definition) is 1. The van der Waals surface area contributed by atoms with Crippen molar-refractivity contribution < 1.29 is 18.0 Å². The van der Waals surface area contributed by atoms with Crippen molar-refractivity contribution in [2.24, 2.45) is 5.41 Å². The van der Waals surface area contributed by atoms with Crippen LogP contribution in [0, 0.1) is 5.41 Å². The molecule has 2 aliphatic rings. The number of rotatable bonds is 1. The third-order valence-corrected chi connectivity index (χ3v) is 4.23. The number of anilines is 1. The number of β-lactam (4-membered cyclic amide) rings is 1. The van der Waals surface area contributed by atoms with Crippen LogP contribution in [-0.2, 0) is 11.0 Å². The van der Waals surface area contributed by atoms with Gasteiger partial charge >= 0.3 is 6.18 Å². The van der Waals surface area contributed by atoms with Crippen molar-refractivity contribution in [1.29, 1.82) is 0 Å². The van der Waals surface area contributed by atoms with Crippen LogP contribution < -0.4 is 10.2 Å². The molecule has 0 unspecified atom stereocenters. The first kappa shape index (κ1) is 13.4. The topological polar surface area (TPSA) is 32.3 Å². The fraction of sp³-hybridized carbons (Fsp3) is 0.500. The maximum Gasteiger partial charge on any atom is 0.416 e. The molecule has 0 atom stereocenters. The van der Waals surface area contributed by atoms with Gasteiger partial charge in [-0.05, 0) is 50.2 Å². The van der Waals surface area contributed by atoms with Gasteiger partial charge in [0.25, 0.3) is 0 Å². The van der Waals surface area contributed by atoms with Crippen LogP contribution in [0.1, 0.15) is 18.4 Å². The van der Waals surface area contributed by atoms with Crippen LogP contribution in [0.2, 0.25) is 0 Å². The Hall–Kier alpha value is -1.56. The van der Waals surface area contributed by atoms with E-state index in [1.54, 1.807) is 4.90 Å². The Morgan fingerprint density at radius 3 is 2.20 bits per heavy atom. The summed E-state index contributed by atoms with van der Waals surface area (Å²) in [7, 11) is 0. The lowest BCUT2D eigenvalue weighted by molar-refractivity contribution is -0.137. The number of halogens is 3. The zero-order valence-electron chi connectivity index (χ0n) is 10.8. The normalized spacial score (nSPS) is 21.9. The summed E-state index contributed by atoms with van der Waals surface area (Å²) in [6.07, 6.45) is -2.72. The predicted molar refractivity (Wildman–Crippen MR) is 68.3 cm³/mol. The standard InChI is InChI=1S/C14H15F3N2O/c15-14(16,17)10-1-3-11(4-2-10)19-9-13(12(19)20)5-7-18-8-6-13/h1-4,18H,5-9H2. The Morgan fingerprint density at radius 2 is 1.70 bits per heavy atom. The Balaban J connectivity index is 1.74. The van der Waals surface area contributed by atoms with Gasteiger partial charge < -0.3 is 10.2 Å². The lowest BCUT2D eigenvalue weighted by atomic mass is 9.71. The number of carbonyl (C=O) groups is 1. The van der Waals surface area contributed by atoms with E-state index in [1.807, 2.05) is 0 Å². The maximum absolute atomic E-state index is 12.5. The largest absolute Gasteiger partial charge is 0.416 e. The predicted octanol–water partition coefficient (Wildman–Crippen LogP) is 2.42. The van der Waals surface area contributed by atoms with Crippen LogP contribution in [-0.4, -0.2) is 25.5 Å². The minimum Gasteiger partial charge on any atom is -0.317 e. The molecule has 2 heterocycles. The van der Waals surface area contributed by atoms with Crippen molar-refractivity contribution in [2.75, 3.05) is 24.5 Å². The molecule has 20 heavy (non-hydrogen) atoms. The zero-order valence-corrected chi connectivity index (χ0v) is 10.8. The fourth-order valence-corrected chi connectivity index (χ4v) is 2.95. The average Bonchev–Trinajstić information content (AvgIpc) is 2.45. The van der Waals surface area contributed by atoms with Gasteiger partial charge in [0.2, 0.25) is 5.91 Å². The Kier molecular flexibility index (Phi) is 3.01. The van der Waals surface area contributed by atoms with Gasteiger partial charge in [-0.25, -0.2) is 0 Å². The van der Waals surface area contributed by atoms with E-state index in [2.05, 4.69) is 5.32 Å². The van der Waals surface area contributed by atoms with Crippen molar-refractivity contribution in [3.8, 4) is 0 Å². The Labute approximate surface area is 114 Å². The first-order chi connectivity index (χ1) is 9.42. The number of nitrogens with one attached hydrogen (secondary N) is 1. The summed E-state index contributed by atoms with van der Waals surface area (Å²) in [5.74, 6) is 0.0405. The van der Waals surface area contributed by atoms with E-state index in [0.29, 0.717) is 12.2 Å². The lowest BCUT2D eigenvalue weighted by Gasteiger charge is -2.50. The highest BCUT2D eigenvalue weighted by Crippen LogP contribution is 2.43. The van der Waals surface area contributed by atoms with Gasteiger partial charge in [0, 0.05) is 12.2 Å². The molecule has 3 rings (SSSR count). The summed E-state index contributed by atoms with van der Waals surface area (Å²) < 4.78 is 37.5. The zero-order chi connectivity index (χ0) is 14.4. The van der Waals surface area contributed by atoms with Crippen LogP contribution in [0.5, 0.6) is 0 Å². The number of benzene rings is 1. The van der Waals surface area contributed by atoms with Crippen LogP contribution in [0.3, 0.4) is 0 Å². The molecule has 2 aliphatic heterocycles. The molecule has 1 aromatic rings. The van der Waals surface area contributed by atoms with E-state index in [4.69, 9.17) is 0 Å². The molecule has 3 nitrogen and oxygen atoms in total. The van der Waals surface area contributed by atoms with Gasteiger partial charge in [0.15, 0.2) is 0 Å². The molecule has 0 aromatic heterocycles. The van der Waals surface area contributed by atoms with Crippen LogP contribution in [0.4, 0.5) is 18.9 Å². The molecule has 1 N–H and O–H groups in total. The number of amides is 1. The van der Waals surface area contributed by atoms with Crippen molar-refractivity contribution in [2.45, 2.75) is 19.0 Å². The summed E-state index contributed by atoms with van der Waals surface area (Å²) >= 11 is 0. The second-order valence-corrected chi connectivity index (χ2v) is 5.47. The number of nitrogens with zero attached hydrogens (tertiary/aromatic N) is 1. The number of carbonyl (C=O) groups excluding carboxylic acids is 1. The van der Waals surface area contributed by atoms with E-state index in [9.17, 15) is 18.0 Å². The third kappa shape index (κ3) is 2.08. The molecule has 2 saturated heterocycles. The quantitative estimate of drug-likeness (QED) is 0.803. The summed E-state index contributed by atoms with van der Waals surface area (Å²) in [5.41, 5.74) is -0.425. The van der Waals surface area contributed by atoms with Crippen molar-refractivity contribution in [1.82, 2.24) is 5.32 Å². The van der Waals surface area contributed by atoms with E-state index in [1.165, 1.54) is 12.1 Å². The molecular formula is C14H15F3N2O. The SMILES string of the molecule is O=C1N(c2ccc(C(F)(F)F)cc2)CC12CCNCC2. The van der Waals surface area contributed by atoms with Crippen LogP contribution in [0.15, 0.2) is 24.3 Å². The molecule has 0 aliphatic carbocycles. The molecule has 0 bridgehead atoms. The minimum atomic E-state index is -4.34. The van der Waals surface area contributed by atoms with Crippen molar-refractivity contribution >= 4 is 11.6 Å². The third-order valence-electron chi connectivity index (χ3n) is 4.23. The van der Waals surface area contributed by atoms with Gasteiger partial charge in [-0.2, -0.15) is 13.2 Å². The maximum atomic E-state index is 12.5. The molecular weight excluding hydrogens is 269 g/mol. The highest BCUT2D eigenvalue weighted by atomic mass is 19.4. The second-order valence-electron chi connectivity index (χ2n) is 5.47. The smallest absolute Gasteiger partial charge is 0.317 e. The number of piperidine rings is 1. The fourth-order valence-electron chi connectivity index (χ4n) is 2.95. The van der Waals surface area contributed by atoms with Crippen molar-refractivity contribution in [3.05, 3.63) is 29.8 Å². The van der Waals surface area contributed by atoms with E-state index in [0.717, 1.165) is 38.1 Å². The minimum absolute atomic E-state index is 0.0405. The number of alkyl halides is 3. The summed E-state index contributed by atoms with van der Waals surface area (Å²) in [5, 5.41) is 3.21. The van der Waals surface area contributed by atoms with Gasteiger partial charge in [-0.1, -0.05) is 0 Å². The highest BCUT2D eigenvalue weighted by molar-refractivity contribution is 6.04. The first-order valence-corrected chi connectivity index (χ1v) is 6.62. The summed E-state index contributed by atoms with van der Waals surface area (Å²) in [6.45, 7) is 2.26. The van der Waals surface area contributed by atoms with Crippen molar-refractivity contribution in [3.63, 3.8) is 0 Å². The molecule has 2 fully saturated rings. The first-order valence-electron chi connectivity index (χ1n) is 6.62. The van der Waals surface area contributed by atoms with Gasteiger partial charge in [0.05, 0.1) is 11.0 Å². The van der Waals surface area contributed by atoms with Gasteiger partial charge in [-0.15, -0.1) is 0 Å². The highest BCUT2D eigenvalue weighted by Gasteiger charge is 2.52. The lowest BCUT2D eigenvalue weighted by Crippen LogP contribution is -2.64. The van der Waals surface area contributed by atoms with E-state index < -0.39 is 11.7 Å². The molecule has 6 heteroatoms. The summed E-state index contributed by atoms with van der Waals surface area (Å²) in [4.78, 5) is 13.9. The van der Waals surface area contributed by atoms with E-state index in [-0.39, 0.29) is 11.3 Å². The summed E-state index contributed by atoms with van der Waals surface area (Å²) in [6, 6.07) is 4.79. The molecule has 1 spiro atoms. The van der Waals surface area contributed by atoms with Gasteiger partial charge in [0.1, 0.15) is 0 Å². The van der Waals surface area contributed by atoms with E-state index >= 15 is 0 Å². The Bertz CT molecular complexity index is 518. The monoisotopic (exact) mass is 284 g/mol. The molecule has 1 amide bonds. The molecule has 0 saturated carbocycles. The molecule has 108 valence electrons. The molecule has 1 aromatic carbocycles. The van der Waals surface area contributed by atoms with Gasteiger partial charge in [-0.3, -0.25) is 4.79 Å². The van der Waals surface area contributed by atoms with Crippen LogP contribution in [0.25, 0.3) is 0 Å². The second kappa shape index (κ2) is 4.48. The Morgan fingerprint density at radius 1 is 1.10 bits per heavy atom. The molecule has 0 radical (unpaired) electrons. The number of hydrogen-bond acceptors (Lipinski definition) is 2.